The zero-order valence-electron chi connectivity index (χ0n) is 16.5. The smallest absolute Gasteiger partial charge is 0.163 e. The molecule has 0 bridgehead atoms. The summed E-state index contributed by atoms with van der Waals surface area (Å²) >= 11 is 0. The Bertz CT molecular complexity index is 682. The van der Waals surface area contributed by atoms with Gasteiger partial charge in [-0.3, -0.25) is 4.90 Å². The van der Waals surface area contributed by atoms with Crippen LogP contribution in [0, 0.1) is 11.3 Å². The Labute approximate surface area is 152 Å². The van der Waals surface area contributed by atoms with Crippen LogP contribution in [0.25, 0.3) is 0 Å². The van der Waals surface area contributed by atoms with Crippen LogP contribution in [0.4, 0.5) is 0 Å². The first-order chi connectivity index (χ1) is 11.7. The SMILES string of the molecule is CC(C)(C)C1C2C(c3ccccc3)=NOC23CCCC3N1C(C)(C)C. The Balaban J connectivity index is 1.87. The molecule has 25 heavy (non-hydrogen) atoms. The van der Waals surface area contributed by atoms with E-state index < -0.39 is 0 Å². The van der Waals surface area contributed by atoms with Crippen molar-refractivity contribution in [2.24, 2.45) is 16.5 Å². The predicted octanol–water partition coefficient (Wildman–Crippen LogP) is 4.86. The maximum absolute atomic E-state index is 6.35. The van der Waals surface area contributed by atoms with E-state index in [1.54, 1.807) is 0 Å². The molecule has 3 aliphatic rings. The van der Waals surface area contributed by atoms with Gasteiger partial charge in [-0.05, 0) is 51.0 Å². The van der Waals surface area contributed by atoms with E-state index in [2.05, 4.69) is 76.8 Å². The third-order valence-corrected chi connectivity index (χ3v) is 6.43. The maximum Gasteiger partial charge on any atom is 0.163 e. The predicted molar refractivity (Wildman–Crippen MR) is 103 cm³/mol. The maximum atomic E-state index is 6.35. The van der Waals surface area contributed by atoms with Crippen molar-refractivity contribution < 1.29 is 4.84 Å². The second-order valence-electron chi connectivity index (χ2n) is 10.2. The molecule has 3 nitrogen and oxygen atoms in total. The molecule has 1 saturated carbocycles. The summed E-state index contributed by atoms with van der Waals surface area (Å²) in [5.74, 6) is 0.349. The second-order valence-corrected chi connectivity index (χ2v) is 10.2. The molecule has 2 aliphatic heterocycles. The third kappa shape index (κ3) is 2.38. The highest BCUT2D eigenvalue weighted by atomic mass is 16.7. The monoisotopic (exact) mass is 340 g/mol. The van der Waals surface area contributed by atoms with Crippen LogP contribution in [-0.4, -0.2) is 33.8 Å². The second kappa shape index (κ2) is 5.33. The van der Waals surface area contributed by atoms with Crippen LogP contribution in [0.1, 0.15) is 66.4 Å². The van der Waals surface area contributed by atoms with Gasteiger partial charge in [-0.1, -0.05) is 56.3 Å². The van der Waals surface area contributed by atoms with Gasteiger partial charge >= 0.3 is 0 Å². The normalized spacial score (nSPS) is 35.3. The third-order valence-electron chi connectivity index (χ3n) is 6.43. The summed E-state index contributed by atoms with van der Waals surface area (Å²) in [4.78, 5) is 9.13. The van der Waals surface area contributed by atoms with Crippen molar-refractivity contribution in [2.45, 2.75) is 84.0 Å². The van der Waals surface area contributed by atoms with Gasteiger partial charge in [0.05, 0.1) is 17.7 Å². The molecule has 2 heterocycles. The van der Waals surface area contributed by atoms with E-state index in [-0.39, 0.29) is 16.6 Å². The van der Waals surface area contributed by atoms with Crippen molar-refractivity contribution in [2.75, 3.05) is 0 Å². The largest absolute Gasteiger partial charge is 0.386 e. The lowest BCUT2D eigenvalue weighted by atomic mass is 9.71. The molecule has 0 amide bonds. The topological polar surface area (TPSA) is 24.8 Å². The Hall–Kier alpha value is -1.35. The summed E-state index contributed by atoms with van der Waals surface area (Å²) in [6, 6.07) is 11.6. The highest BCUT2D eigenvalue weighted by Gasteiger charge is 2.70. The molecule has 1 aliphatic carbocycles. The summed E-state index contributed by atoms with van der Waals surface area (Å²) in [5, 5.41) is 4.69. The molecule has 1 spiro atoms. The number of likely N-dealkylation sites (tertiary alicyclic amines) is 1. The number of hydrogen-bond acceptors (Lipinski definition) is 3. The molecule has 4 rings (SSSR count). The van der Waals surface area contributed by atoms with E-state index in [1.807, 2.05) is 0 Å². The van der Waals surface area contributed by atoms with Crippen LogP contribution in [0.3, 0.4) is 0 Å². The quantitative estimate of drug-likeness (QED) is 0.729. The van der Waals surface area contributed by atoms with Crippen molar-refractivity contribution in [3.05, 3.63) is 35.9 Å². The minimum absolute atomic E-state index is 0.120. The average molecular weight is 341 g/mol. The zero-order chi connectivity index (χ0) is 18.0. The van der Waals surface area contributed by atoms with Gasteiger partial charge in [-0.25, -0.2) is 0 Å². The summed E-state index contributed by atoms with van der Waals surface area (Å²) < 4.78 is 0. The lowest BCUT2D eigenvalue weighted by Gasteiger charge is -2.47. The van der Waals surface area contributed by atoms with Crippen LogP contribution >= 0.6 is 0 Å². The van der Waals surface area contributed by atoms with Gasteiger partial charge in [0.2, 0.25) is 0 Å². The summed E-state index contributed by atoms with van der Waals surface area (Å²) in [7, 11) is 0. The highest BCUT2D eigenvalue weighted by Crippen LogP contribution is 2.59. The van der Waals surface area contributed by atoms with Gasteiger partial charge in [0, 0.05) is 11.6 Å². The average Bonchev–Trinajstić information content (AvgIpc) is 3.13. The van der Waals surface area contributed by atoms with E-state index in [9.17, 15) is 0 Å². The van der Waals surface area contributed by atoms with Crippen molar-refractivity contribution in [1.29, 1.82) is 0 Å². The van der Waals surface area contributed by atoms with Crippen molar-refractivity contribution >= 4 is 5.71 Å². The fourth-order valence-electron chi connectivity index (χ4n) is 5.72. The van der Waals surface area contributed by atoms with E-state index in [1.165, 1.54) is 24.1 Å². The molecule has 1 saturated heterocycles. The van der Waals surface area contributed by atoms with E-state index in [0.717, 1.165) is 6.42 Å². The first kappa shape index (κ1) is 17.1. The number of oxime groups is 1. The van der Waals surface area contributed by atoms with Crippen LogP contribution in [0.2, 0.25) is 0 Å². The highest BCUT2D eigenvalue weighted by molar-refractivity contribution is 6.04. The number of benzene rings is 1. The summed E-state index contributed by atoms with van der Waals surface area (Å²) in [5.41, 5.74) is 2.55. The molecule has 1 aromatic rings. The van der Waals surface area contributed by atoms with Gasteiger partial charge in [0.1, 0.15) is 0 Å². The minimum atomic E-state index is -0.129. The molecule has 0 radical (unpaired) electrons. The van der Waals surface area contributed by atoms with E-state index in [4.69, 9.17) is 9.99 Å². The van der Waals surface area contributed by atoms with Crippen LogP contribution in [0.5, 0.6) is 0 Å². The molecule has 1 aromatic carbocycles. The first-order valence-corrected chi connectivity index (χ1v) is 9.76. The van der Waals surface area contributed by atoms with Crippen molar-refractivity contribution in [1.82, 2.24) is 4.90 Å². The Morgan fingerprint density at radius 3 is 2.36 bits per heavy atom. The minimum Gasteiger partial charge on any atom is -0.386 e. The van der Waals surface area contributed by atoms with E-state index in [0.29, 0.717) is 18.0 Å². The zero-order valence-corrected chi connectivity index (χ0v) is 16.5. The molecule has 3 heteroatoms. The van der Waals surface area contributed by atoms with Gasteiger partial charge in [0.25, 0.3) is 0 Å². The van der Waals surface area contributed by atoms with Crippen LogP contribution in [0.15, 0.2) is 35.5 Å². The summed E-state index contributed by atoms with van der Waals surface area (Å²) in [6.45, 7) is 14.2. The van der Waals surface area contributed by atoms with Gasteiger partial charge in [-0.15, -0.1) is 0 Å². The van der Waals surface area contributed by atoms with Gasteiger partial charge in [0.15, 0.2) is 5.60 Å². The van der Waals surface area contributed by atoms with Crippen LogP contribution in [-0.2, 0) is 4.84 Å². The fourth-order valence-corrected chi connectivity index (χ4v) is 5.72. The number of nitrogens with zero attached hydrogens (tertiary/aromatic N) is 2. The fraction of sp³-hybridized carbons (Fsp3) is 0.682. The molecule has 0 aromatic heterocycles. The number of rotatable bonds is 1. The molecule has 4 unspecified atom stereocenters. The van der Waals surface area contributed by atoms with Crippen LogP contribution < -0.4 is 0 Å². The first-order valence-electron chi connectivity index (χ1n) is 9.76. The molecule has 4 atom stereocenters. The standard InChI is InChI=1S/C22H32N2O/c1-20(2,3)19-17-18(15-11-8-7-9-12-15)23-25-22(17)14-10-13-16(22)24(19)21(4,5)6/h7-9,11-12,16-17,19H,10,13-14H2,1-6H3. The van der Waals surface area contributed by atoms with Gasteiger partial charge < -0.3 is 4.84 Å². The molecule has 0 N–H and O–H groups in total. The van der Waals surface area contributed by atoms with Crippen molar-refractivity contribution in [3.63, 3.8) is 0 Å². The lowest BCUT2D eigenvalue weighted by Crippen LogP contribution is -2.55. The molecule has 2 fully saturated rings. The number of hydrogen-bond donors (Lipinski definition) is 0. The molecule has 136 valence electrons. The Morgan fingerprint density at radius 1 is 1.08 bits per heavy atom. The lowest BCUT2D eigenvalue weighted by molar-refractivity contribution is -0.0558. The van der Waals surface area contributed by atoms with Gasteiger partial charge in [-0.2, -0.15) is 0 Å². The van der Waals surface area contributed by atoms with Crippen molar-refractivity contribution in [3.8, 4) is 0 Å². The molecular formula is C22H32N2O. The molecular weight excluding hydrogens is 308 g/mol. The Morgan fingerprint density at radius 2 is 1.76 bits per heavy atom. The summed E-state index contributed by atoms with van der Waals surface area (Å²) in [6.07, 6.45) is 3.58. The Kier molecular flexibility index (Phi) is 3.64. The van der Waals surface area contributed by atoms with E-state index >= 15 is 0 Å².